The van der Waals surface area contributed by atoms with Gasteiger partial charge in [0.05, 0.1) is 89.3 Å². The largest absolute Gasteiger partial charge is 0.495 e. The molecule has 4 aliphatic rings. The molecule has 4 fully saturated rings. The summed E-state index contributed by atoms with van der Waals surface area (Å²) in [4.78, 5) is 46.0. The van der Waals surface area contributed by atoms with E-state index in [2.05, 4.69) is 75.3 Å². The van der Waals surface area contributed by atoms with Crippen molar-refractivity contribution in [2.75, 3.05) is 74.0 Å². The lowest BCUT2D eigenvalue weighted by molar-refractivity contribution is 0.00578. The second kappa shape index (κ2) is 31.9. The van der Waals surface area contributed by atoms with Crippen LogP contribution in [0.15, 0.2) is 179 Å². The maximum atomic E-state index is 13.3. The molecule has 0 radical (unpaired) electrons. The second-order valence-corrected chi connectivity index (χ2v) is 34.5. The first-order chi connectivity index (χ1) is 51.9. The van der Waals surface area contributed by atoms with E-state index in [1.54, 1.807) is 134 Å². The molecule has 0 amide bonds. The molecule has 4 aliphatic heterocycles. The zero-order chi connectivity index (χ0) is 77.5. The summed E-state index contributed by atoms with van der Waals surface area (Å²) in [6, 6.07) is 36.7. The molecule has 3 aromatic carbocycles. The summed E-state index contributed by atoms with van der Waals surface area (Å²) in [5, 5.41) is 2.94. The standard InChI is InChI=1S/2C23H22ClN5O3S.C20H23BN2O4S.C9H11Cl2N3O/c1-15-3-5-17(6-4-15)33(30,31)29-10-8-19-18(7-9-25-23(19)29)22-26-20(24)13-21(27-22)28-11-12-32-14-16(28)2;1-15-3-5-17(6-4-15)33(30,31)29-10-8-19-18(7-9-25-22(19)29)20-13-21(27-23(24)26-20)28-11-12-32-14-16(28)2;1-14-6-8-15(9-7-14)28(24,25)23-13-11-16-17(10-12-22-18(16)23)21-26-19(2,3)20(4,5)27-21;1-6-5-15-3-2-14(6)8-4-7(10)12-9(11)13-8/h2*3-10,13,16H,11-12,14H2,1-2H3;6-13H,1-5H3;4,6H,2-3,5H2,1H3/t2*16-;;6-/m11.1/s1. The Morgan fingerprint density at radius 3 is 1.20 bits per heavy atom. The normalized spacial score (nSPS) is 18.1. The van der Waals surface area contributed by atoms with E-state index in [0.717, 1.165) is 40.1 Å². The van der Waals surface area contributed by atoms with E-state index in [1.165, 1.54) is 30.5 Å². The van der Waals surface area contributed by atoms with Crippen LogP contribution >= 0.6 is 46.4 Å². The van der Waals surface area contributed by atoms with Crippen LogP contribution in [0.5, 0.6) is 0 Å². The number of hydrogen-bond donors (Lipinski definition) is 0. The minimum atomic E-state index is -3.81. The third kappa shape index (κ3) is 16.5. The number of rotatable bonds is 12. The fraction of sp³-hybridized carbons (Fsp3) is 0.320. The van der Waals surface area contributed by atoms with Crippen molar-refractivity contribution < 1.29 is 48.8 Å². The van der Waals surface area contributed by atoms with Crippen molar-refractivity contribution in [3.8, 4) is 22.6 Å². The van der Waals surface area contributed by atoms with Gasteiger partial charge in [0.2, 0.25) is 10.6 Å². The Balaban J connectivity index is 0.000000132. The van der Waals surface area contributed by atoms with Crippen LogP contribution in [0, 0.1) is 20.8 Å². The van der Waals surface area contributed by atoms with Gasteiger partial charge in [0, 0.05) is 102 Å². The van der Waals surface area contributed by atoms with E-state index in [0.29, 0.717) is 125 Å². The van der Waals surface area contributed by atoms with E-state index >= 15 is 0 Å². The summed E-state index contributed by atoms with van der Waals surface area (Å²) in [6.07, 6.45) is 9.27. The Labute approximate surface area is 652 Å². The van der Waals surface area contributed by atoms with Crippen LogP contribution in [-0.4, -0.2) is 178 Å². The van der Waals surface area contributed by atoms with Gasteiger partial charge in [-0.2, -0.15) is 0 Å². The van der Waals surface area contributed by atoms with Crippen molar-refractivity contribution in [3.05, 3.63) is 202 Å². The smallest absolute Gasteiger partial charge is 0.399 e. The molecule has 0 N–H and O–H groups in total. The lowest BCUT2D eigenvalue weighted by atomic mass is 9.78. The average Bonchev–Trinajstić information content (AvgIpc) is 1.58. The van der Waals surface area contributed by atoms with Crippen molar-refractivity contribution in [2.24, 2.45) is 0 Å². The van der Waals surface area contributed by atoms with Crippen LogP contribution in [0.2, 0.25) is 20.9 Å². The van der Waals surface area contributed by atoms with Gasteiger partial charge in [0.15, 0.2) is 22.8 Å². The maximum Gasteiger partial charge on any atom is 0.495 e. The van der Waals surface area contributed by atoms with Gasteiger partial charge < -0.3 is 38.2 Å². The van der Waals surface area contributed by atoms with Crippen LogP contribution in [0.3, 0.4) is 0 Å². The molecule has 109 heavy (non-hydrogen) atoms. The number of hydrogen-bond acceptors (Lipinski definition) is 23. The molecular formula is C75H78BCl4N15O11S3. The summed E-state index contributed by atoms with van der Waals surface area (Å²) in [6.45, 7) is 25.9. The first-order valence-electron chi connectivity index (χ1n) is 34.9. The Morgan fingerprint density at radius 2 is 0.780 bits per heavy atom. The topological polar surface area (TPSA) is 289 Å². The van der Waals surface area contributed by atoms with Crippen molar-refractivity contribution >= 4 is 140 Å². The van der Waals surface area contributed by atoms with Crippen LogP contribution in [0.25, 0.3) is 55.7 Å². The van der Waals surface area contributed by atoms with Gasteiger partial charge >= 0.3 is 7.12 Å². The predicted molar refractivity (Wildman–Crippen MR) is 423 cm³/mol. The zero-order valence-corrected chi connectivity index (χ0v) is 66.7. The van der Waals surface area contributed by atoms with Gasteiger partial charge in [-0.3, -0.25) is 0 Å². The summed E-state index contributed by atoms with van der Waals surface area (Å²) in [7, 11) is -12.0. The predicted octanol–water partition coefficient (Wildman–Crippen LogP) is 12.7. The molecule has 0 saturated carbocycles. The van der Waals surface area contributed by atoms with E-state index < -0.39 is 48.4 Å². The first-order valence-corrected chi connectivity index (χ1v) is 40.8. The third-order valence-electron chi connectivity index (χ3n) is 19.5. The highest BCUT2D eigenvalue weighted by Gasteiger charge is 2.52. The highest BCUT2D eigenvalue weighted by molar-refractivity contribution is 7.90. The minimum Gasteiger partial charge on any atom is -0.399 e. The summed E-state index contributed by atoms with van der Waals surface area (Å²) in [5.41, 5.74) is 5.73. The molecule has 26 nitrogen and oxygen atoms in total. The van der Waals surface area contributed by atoms with Crippen molar-refractivity contribution in [1.82, 2.24) is 56.8 Å². The fourth-order valence-electron chi connectivity index (χ4n) is 12.8. The van der Waals surface area contributed by atoms with Gasteiger partial charge in [-0.25, -0.2) is 82.0 Å². The zero-order valence-electron chi connectivity index (χ0n) is 61.2. The number of halogens is 4. The lowest BCUT2D eigenvalue weighted by Crippen LogP contribution is -2.44. The SMILES string of the molecule is C[C@@H]1COCCN1c1cc(Cl)nc(Cl)n1.Cc1ccc(S(=O)(=O)n2ccc3c(-c4cc(N5CCOC[C@H]5C)nc(Cl)n4)ccnc32)cc1.Cc1ccc(S(=O)(=O)n2ccc3c(-c4nc(Cl)cc(N5CCOC[C@H]5C)n4)ccnc32)cc1.Cc1ccc(S(=O)(=O)n2ccc3c(B4OC(C)(C)C(C)(C)O4)ccnc32)cc1. The third-order valence-corrected chi connectivity index (χ3v) is 25.2. The molecule has 12 aromatic rings. The average molecular weight is 1610 g/mol. The Kier molecular flexibility index (Phi) is 22.9. The number of aryl methyl sites for hydroxylation is 3. The van der Waals surface area contributed by atoms with Crippen molar-refractivity contribution in [3.63, 3.8) is 0 Å². The second-order valence-electron chi connectivity index (χ2n) is 27.6. The fourth-order valence-corrected chi connectivity index (χ4v) is 17.5. The molecule has 0 spiro atoms. The summed E-state index contributed by atoms with van der Waals surface area (Å²) >= 11 is 24.2. The van der Waals surface area contributed by atoms with Crippen LogP contribution in [0.4, 0.5) is 17.5 Å². The summed E-state index contributed by atoms with van der Waals surface area (Å²) in [5.74, 6) is 2.58. The van der Waals surface area contributed by atoms with Gasteiger partial charge in [-0.15, -0.1) is 0 Å². The van der Waals surface area contributed by atoms with E-state index in [1.807, 2.05) is 60.6 Å². The number of nitrogens with zero attached hydrogens (tertiary/aromatic N) is 15. The highest BCUT2D eigenvalue weighted by atomic mass is 35.5. The Hall–Kier alpha value is -8.76. The molecule has 4 saturated heterocycles. The molecule has 568 valence electrons. The maximum absolute atomic E-state index is 13.3. The summed E-state index contributed by atoms with van der Waals surface area (Å²) < 4.78 is 112. The number of fused-ring (bicyclic) bond motifs is 3. The lowest BCUT2D eigenvalue weighted by Gasteiger charge is -2.34. The van der Waals surface area contributed by atoms with Crippen molar-refractivity contribution in [1.29, 1.82) is 0 Å². The quantitative estimate of drug-likeness (QED) is 0.0623. The van der Waals surface area contributed by atoms with Gasteiger partial charge in [0.1, 0.15) is 27.8 Å². The van der Waals surface area contributed by atoms with Gasteiger partial charge in [-0.05, 0) is 171 Å². The van der Waals surface area contributed by atoms with Crippen LogP contribution in [0.1, 0.15) is 65.2 Å². The Morgan fingerprint density at radius 1 is 0.422 bits per heavy atom. The number of aromatic nitrogens is 12. The van der Waals surface area contributed by atoms with Crippen LogP contribution < -0.4 is 20.2 Å². The monoisotopic (exact) mass is 1610 g/mol. The molecule has 9 aromatic heterocycles. The highest BCUT2D eigenvalue weighted by Crippen LogP contribution is 2.39. The van der Waals surface area contributed by atoms with E-state index in [4.69, 9.17) is 74.9 Å². The minimum absolute atomic E-state index is 0.123. The van der Waals surface area contributed by atoms with E-state index in [9.17, 15) is 25.3 Å². The number of pyridine rings is 3. The van der Waals surface area contributed by atoms with Crippen molar-refractivity contribution in [2.45, 2.75) is 113 Å². The number of ether oxygens (including phenoxy) is 3. The molecule has 16 rings (SSSR count). The molecule has 0 unspecified atom stereocenters. The number of benzene rings is 3. The van der Waals surface area contributed by atoms with Gasteiger partial charge in [-0.1, -0.05) is 76.3 Å². The van der Waals surface area contributed by atoms with E-state index in [-0.39, 0.29) is 43.4 Å². The molecule has 3 atom stereocenters. The first kappa shape index (κ1) is 78.4. The molecule has 0 aliphatic carbocycles. The molecule has 13 heterocycles. The van der Waals surface area contributed by atoms with Gasteiger partial charge in [0.25, 0.3) is 30.1 Å². The Bertz CT molecular complexity index is 5450. The van der Waals surface area contributed by atoms with Crippen LogP contribution in [-0.2, 0) is 53.6 Å². The molecular weight excluding hydrogens is 1540 g/mol. The number of morpholine rings is 3. The molecule has 34 heteroatoms. The number of anilines is 3. The molecule has 0 bridgehead atoms.